The van der Waals surface area contributed by atoms with Gasteiger partial charge in [-0.1, -0.05) is 27.2 Å². The molecule has 0 aromatic carbocycles. The zero-order valence-electron chi connectivity index (χ0n) is 13.4. The Morgan fingerprint density at radius 2 is 1.75 bits per heavy atom. The quantitative estimate of drug-likeness (QED) is 0.801. The normalized spacial score (nSPS) is 33.6. The number of piperidine rings is 1. The highest BCUT2D eigenvalue weighted by atomic mass is 16.5. The third-order valence-corrected chi connectivity index (χ3v) is 5.13. The molecule has 2 fully saturated rings. The largest absolute Gasteiger partial charge is 0.462 e. The molecule has 0 bridgehead atoms. The van der Waals surface area contributed by atoms with Gasteiger partial charge >= 0.3 is 5.97 Å². The number of hydrogen-bond acceptors (Lipinski definition) is 3. The molecule has 0 aromatic heterocycles. The Labute approximate surface area is 123 Å². The first-order valence-electron chi connectivity index (χ1n) is 8.47. The Balaban J connectivity index is 1.97. The minimum atomic E-state index is -0.204. The number of esters is 1. The van der Waals surface area contributed by atoms with Crippen molar-refractivity contribution in [2.45, 2.75) is 71.8 Å². The summed E-state index contributed by atoms with van der Waals surface area (Å²) in [6, 6.07) is 0. The highest BCUT2D eigenvalue weighted by Crippen LogP contribution is 2.38. The van der Waals surface area contributed by atoms with E-state index in [1.165, 1.54) is 6.42 Å². The third-order valence-electron chi connectivity index (χ3n) is 5.13. The lowest BCUT2D eigenvalue weighted by Crippen LogP contribution is -2.44. The number of nitrogens with one attached hydrogen (secondary N) is 1. The van der Waals surface area contributed by atoms with E-state index in [-0.39, 0.29) is 17.5 Å². The monoisotopic (exact) mass is 281 g/mol. The SMILES string of the molecule is CCCC1(C(=O)OC2CC(C)CC(C)C2)CCNCC1. The fourth-order valence-corrected chi connectivity index (χ4v) is 4.19. The molecule has 1 aliphatic carbocycles. The van der Waals surface area contributed by atoms with E-state index in [2.05, 4.69) is 26.1 Å². The zero-order valence-corrected chi connectivity index (χ0v) is 13.4. The molecule has 0 radical (unpaired) electrons. The highest BCUT2D eigenvalue weighted by molar-refractivity contribution is 5.77. The molecule has 20 heavy (non-hydrogen) atoms. The van der Waals surface area contributed by atoms with Gasteiger partial charge in [0.05, 0.1) is 5.41 Å². The molecule has 1 saturated heterocycles. The molecule has 0 aromatic rings. The van der Waals surface area contributed by atoms with Crippen molar-refractivity contribution in [3.8, 4) is 0 Å². The topological polar surface area (TPSA) is 38.3 Å². The lowest BCUT2D eigenvalue weighted by atomic mass is 9.75. The van der Waals surface area contributed by atoms with Crippen LogP contribution >= 0.6 is 0 Å². The maximum Gasteiger partial charge on any atom is 0.312 e. The predicted octanol–water partition coefficient (Wildman–Crippen LogP) is 3.52. The number of carbonyl (C=O) groups is 1. The van der Waals surface area contributed by atoms with Crippen LogP contribution in [0.15, 0.2) is 0 Å². The van der Waals surface area contributed by atoms with Crippen molar-refractivity contribution in [1.82, 2.24) is 5.32 Å². The fraction of sp³-hybridized carbons (Fsp3) is 0.941. The van der Waals surface area contributed by atoms with Gasteiger partial charge in [0.2, 0.25) is 0 Å². The van der Waals surface area contributed by atoms with E-state index < -0.39 is 0 Å². The summed E-state index contributed by atoms with van der Waals surface area (Å²) in [7, 11) is 0. The van der Waals surface area contributed by atoms with E-state index in [1.807, 2.05) is 0 Å². The van der Waals surface area contributed by atoms with Crippen molar-refractivity contribution in [3.05, 3.63) is 0 Å². The minimum absolute atomic E-state index is 0.0900. The Bertz CT molecular complexity index is 307. The molecular weight excluding hydrogens is 250 g/mol. The van der Waals surface area contributed by atoms with Crippen LogP contribution in [0.1, 0.15) is 65.7 Å². The maximum atomic E-state index is 12.7. The van der Waals surface area contributed by atoms with Crippen molar-refractivity contribution in [2.24, 2.45) is 17.3 Å². The Morgan fingerprint density at radius 1 is 1.15 bits per heavy atom. The summed E-state index contributed by atoms with van der Waals surface area (Å²) in [6.07, 6.45) is 7.46. The van der Waals surface area contributed by atoms with Crippen LogP contribution in [0.2, 0.25) is 0 Å². The van der Waals surface area contributed by atoms with Crippen LogP contribution in [0.4, 0.5) is 0 Å². The van der Waals surface area contributed by atoms with Crippen LogP contribution in [0.5, 0.6) is 0 Å². The predicted molar refractivity (Wildman–Crippen MR) is 81.5 cm³/mol. The molecule has 0 amide bonds. The summed E-state index contributed by atoms with van der Waals surface area (Å²) in [6.45, 7) is 8.63. The van der Waals surface area contributed by atoms with Gasteiger partial charge in [-0.05, 0) is 63.5 Å². The van der Waals surface area contributed by atoms with Gasteiger partial charge in [-0.25, -0.2) is 0 Å². The molecule has 1 saturated carbocycles. The molecule has 1 heterocycles. The second-order valence-electron chi connectivity index (χ2n) is 7.23. The van der Waals surface area contributed by atoms with Gasteiger partial charge in [-0.15, -0.1) is 0 Å². The Hall–Kier alpha value is -0.570. The van der Waals surface area contributed by atoms with Crippen LogP contribution in [0, 0.1) is 17.3 Å². The van der Waals surface area contributed by atoms with Crippen LogP contribution in [0.3, 0.4) is 0 Å². The van der Waals surface area contributed by atoms with Gasteiger partial charge in [-0.2, -0.15) is 0 Å². The highest BCUT2D eigenvalue weighted by Gasteiger charge is 2.41. The average molecular weight is 281 g/mol. The standard InChI is InChI=1S/C17H31NO2/c1-4-5-17(6-8-18-9-7-17)16(19)20-15-11-13(2)10-14(3)12-15/h13-15,18H,4-12H2,1-3H3. The van der Waals surface area contributed by atoms with E-state index in [4.69, 9.17) is 4.74 Å². The third kappa shape index (κ3) is 3.75. The van der Waals surface area contributed by atoms with Crippen LogP contribution < -0.4 is 5.32 Å². The first-order valence-corrected chi connectivity index (χ1v) is 8.47. The molecule has 116 valence electrons. The van der Waals surface area contributed by atoms with Crippen molar-refractivity contribution >= 4 is 5.97 Å². The molecule has 3 heteroatoms. The maximum absolute atomic E-state index is 12.7. The molecule has 1 aliphatic heterocycles. The lowest BCUT2D eigenvalue weighted by Gasteiger charge is -2.38. The molecule has 2 aliphatic rings. The average Bonchev–Trinajstić information content (AvgIpc) is 2.38. The van der Waals surface area contributed by atoms with Gasteiger partial charge < -0.3 is 10.1 Å². The van der Waals surface area contributed by atoms with E-state index in [1.54, 1.807) is 0 Å². The number of hydrogen-bond donors (Lipinski definition) is 1. The second-order valence-corrected chi connectivity index (χ2v) is 7.23. The summed E-state index contributed by atoms with van der Waals surface area (Å²) >= 11 is 0. The van der Waals surface area contributed by atoms with Gasteiger partial charge in [0.15, 0.2) is 0 Å². The van der Waals surface area contributed by atoms with Crippen LogP contribution in [0.25, 0.3) is 0 Å². The summed E-state index contributed by atoms with van der Waals surface area (Å²) in [5, 5.41) is 3.36. The first-order chi connectivity index (χ1) is 9.55. The molecule has 0 spiro atoms. The number of ether oxygens (including phenoxy) is 1. The Kier molecular flexibility index (Phi) is 5.48. The van der Waals surface area contributed by atoms with Crippen molar-refractivity contribution in [3.63, 3.8) is 0 Å². The van der Waals surface area contributed by atoms with E-state index in [0.717, 1.165) is 51.6 Å². The summed E-state index contributed by atoms with van der Waals surface area (Å²) in [4.78, 5) is 12.7. The van der Waals surface area contributed by atoms with Gasteiger partial charge in [0, 0.05) is 0 Å². The minimum Gasteiger partial charge on any atom is -0.462 e. The molecule has 3 nitrogen and oxygen atoms in total. The summed E-state index contributed by atoms with van der Waals surface area (Å²) < 4.78 is 5.96. The second kappa shape index (κ2) is 6.93. The van der Waals surface area contributed by atoms with Gasteiger partial charge in [-0.3, -0.25) is 4.79 Å². The summed E-state index contributed by atoms with van der Waals surface area (Å²) in [5.74, 6) is 1.46. The van der Waals surface area contributed by atoms with Gasteiger partial charge in [0.1, 0.15) is 6.10 Å². The van der Waals surface area contributed by atoms with Crippen LogP contribution in [-0.4, -0.2) is 25.2 Å². The molecule has 2 atom stereocenters. The van der Waals surface area contributed by atoms with Crippen LogP contribution in [-0.2, 0) is 9.53 Å². The van der Waals surface area contributed by atoms with E-state index in [9.17, 15) is 4.79 Å². The van der Waals surface area contributed by atoms with Crippen molar-refractivity contribution in [1.29, 1.82) is 0 Å². The smallest absolute Gasteiger partial charge is 0.312 e. The molecule has 1 N–H and O–H groups in total. The fourth-order valence-electron chi connectivity index (χ4n) is 4.19. The Morgan fingerprint density at radius 3 is 2.30 bits per heavy atom. The molecule has 2 unspecified atom stereocenters. The number of carbonyl (C=O) groups excluding carboxylic acids is 1. The van der Waals surface area contributed by atoms with E-state index in [0.29, 0.717) is 11.8 Å². The lowest BCUT2D eigenvalue weighted by molar-refractivity contribution is -0.167. The summed E-state index contributed by atoms with van der Waals surface area (Å²) in [5.41, 5.74) is -0.204. The zero-order chi connectivity index (χ0) is 14.6. The van der Waals surface area contributed by atoms with Crippen molar-refractivity contribution in [2.75, 3.05) is 13.1 Å². The molecular formula is C17H31NO2. The first kappa shape index (κ1) is 15.8. The molecule has 2 rings (SSSR count). The van der Waals surface area contributed by atoms with Gasteiger partial charge in [0.25, 0.3) is 0 Å². The number of rotatable bonds is 4. The van der Waals surface area contributed by atoms with E-state index >= 15 is 0 Å². The van der Waals surface area contributed by atoms with Crippen molar-refractivity contribution < 1.29 is 9.53 Å².